The van der Waals surface area contributed by atoms with Crippen LogP contribution in [0.4, 0.5) is 4.79 Å². The minimum absolute atomic E-state index is 0.0145. The number of phenols is 1. The van der Waals surface area contributed by atoms with E-state index in [1.165, 1.54) is 12.1 Å². The van der Waals surface area contributed by atoms with Gasteiger partial charge in [0.05, 0.1) is 26.5 Å². The number of nitrogens with zero attached hydrogens (tertiary/aromatic N) is 1. The number of nitrogens with one attached hydrogen (secondary N) is 2. The summed E-state index contributed by atoms with van der Waals surface area (Å²) in [6.07, 6.45) is -1.22. The fraction of sp³-hybridized carbons (Fsp3) is 0.340. The first kappa shape index (κ1) is 46.0. The van der Waals surface area contributed by atoms with E-state index < -0.39 is 56.1 Å². The second-order valence-electron chi connectivity index (χ2n) is 14.7. The molecule has 0 radical (unpaired) electrons. The minimum atomic E-state index is -1.91. The summed E-state index contributed by atoms with van der Waals surface area (Å²) in [7, 11) is -1.91. The second kappa shape index (κ2) is 23.7. The normalized spacial score (nSPS) is 13.6. The molecular weight excluding hydrogens is 798 g/mol. The number of amides is 2. The molecule has 0 aliphatic heterocycles. The van der Waals surface area contributed by atoms with Crippen molar-refractivity contribution in [3.05, 3.63) is 144 Å². The number of hydrogen-bond donors (Lipinski definition) is 3. The number of rotatable bonds is 22. The Labute approximate surface area is 358 Å². The Morgan fingerprint density at radius 1 is 0.754 bits per heavy atom. The third-order valence-corrected chi connectivity index (χ3v) is 11.8. The van der Waals surface area contributed by atoms with Gasteiger partial charge >= 0.3 is 18.0 Å². The van der Waals surface area contributed by atoms with Crippen molar-refractivity contribution in [2.45, 2.75) is 78.1 Å². The highest BCUT2D eigenvalue weighted by molar-refractivity contribution is 7.53. The molecule has 4 aromatic carbocycles. The molecule has 14 heteroatoms. The molecule has 2 amide bonds. The number of carbonyl (C=O) groups is 4. The lowest BCUT2D eigenvalue weighted by molar-refractivity contribution is -0.168. The van der Waals surface area contributed by atoms with Gasteiger partial charge in [-0.3, -0.25) is 9.59 Å². The van der Waals surface area contributed by atoms with Crippen molar-refractivity contribution in [3.8, 4) is 17.0 Å². The number of ether oxygens (including phenoxy) is 3. The standard InChI is InChI=1S/C47H54N3O10P/c1-5-43(52)58-46(32(3)4)60-61(42(27-33-16-10-7-11-17-33)49-47(55)57-30-35-18-12-8-13-19-35)31-37(28-39-29-40(50-59-39)36-20-14-9-15-21-36)44(53)48-41(45(54)56-6-2)26-34-22-24-38(51)25-23-34/h7-25,29,32,37,41-42,46,51H,5-6,26-28,30-31H2,1-4H3,(H,48,53)(H,49,55)/t37-,41?,42-,46?,61?/m1/s1. The summed E-state index contributed by atoms with van der Waals surface area (Å²) in [5.74, 6) is -3.17. The van der Waals surface area contributed by atoms with E-state index >= 15 is 0 Å². The molecule has 5 rings (SSSR count). The molecule has 0 fully saturated rings. The maximum atomic E-state index is 14.8. The molecule has 0 aliphatic carbocycles. The molecule has 1 heterocycles. The molecule has 0 aliphatic rings. The number of alkyl carbamates (subject to hydrolysis) is 1. The predicted octanol–water partition coefficient (Wildman–Crippen LogP) is 8.34. The van der Waals surface area contributed by atoms with Gasteiger partial charge in [-0.05, 0) is 42.2 Å². The fourth-order valence-corrected chi connectivity index (χ4v) is 8.71. The number of carbonyl (C=O) groups excluding carboxylic acids is 4. The molecule has 0 saturated heterocycles. The highest BCUT2D eigenvalue weighted by atomic mass is 31.1. The van der Waals surface area contributed by atoms with Gasteiger partial charge in [0.1, 0.15) is 29.9 Å². The summed E-state index contributed by atoms with van der Waals surface area (Å²) >= 11 is 0. The zero-order valence-electron chi connectivity index (χ0n) is 34.9. The Bertz CT molecular complexity index is 2120. The molecule has 5 aromatic rings. The maximum Gasteiger partial charge on any atom is 0.408 e. The quantitative estimate of drug-likeness (QED) is 0.0264. The van der Waals surface area contributed by atoms with E-state index in [1.807, 2.05) is 105 Å². The van der Waals surface area contributed by atoms with Crippen molar-refractivity contribution in [2.75, 3.05) is 12.8 Å². The Hall–Kier alpha value is -6.04. The van der Waals surface area contributed by atoms with E-state index in [1.54, 1.807) is 32.0 Å². The first-order valence-electron chi connectivity index (χ1n) is 20.4. The van der Waals surface area contributed by atoms with Crippen LogP contribution in [0.25, 0.3) is 11.3 Å². The summed E-state index contributed by atoms with van der Waals surface area (Å²) in [5, 5.41) is 20.1. The summed E-state index contributed by atoms with van der Waals surface area (Å²) in [6.45, 7) is 7.18. The van der Waals surface area contributed by atoms with Crippen molar-refractivity contribution < 1.29 is 47.5 Å². The van der Waals surface area contributed by atoms with Crippen LogP contribution < -0.4 is 10.6 Å². The van der Waals surface area contributed by atoms with E-state index in [2.05, 4.69) is 15.8 Å². The van der Waals surface area contributed by atoms with Crippen molar-refractivity contribution >= 4 is 32.1 Å². The summed E-state index contributed by atoms with van der Waals surface area (Å²) in [5.41, 5.74) is 3.74. The first-order chi connectivity index (χ1) is 29.5. The molecular formula is C47H54N3O10P. The number of benzene rings is 4. The summed E-state index contributed by atoms with van der Waals surface area (Å²) < 4.78 is 29.5. The lowest BCUT2D eigenvalue weighted by Gasteiger charge is -2.34. The van der Waals surface area contributed by atoms with Crippen LogP contribution in [-0.2, 0) is 59.0 Å². The maximum absolute atomic E-state index is 14.8. The SMILES string of the molecule is CCOC(=O)C(Cc1ccc(O)cc1)NC(=O)[C@H](Cc1cc(-c2ccccc2)no1)CP(OC(OC(=O)CC)C(C)C)[C@H](Cc1ccccc1)NC(=O)OCc1ccccc1. The molecule has 0 spiro atoms. The average Bonchev–Trinajstić information content (AvgIpc) is 3.74. The van der Waals surface area contributed by atoms with Gasteiger partial charge in [-0.1, -0.05) is 129 Å². The minimum Gasteiger partial charge on any atom is -0.508 e. The smallest absolute Gasteiger partial charge is 0.408 e. The third-order valence-electron chi connectivity index (χ3n) is 9.55. The molecule has 13 nitrogen and oxygen atoms in total. The topological polar surface area (TPSA) is 176 Å². The average molecular weight is 852 g/mol. The van der Waals surface area contributed by atoms with Crippen LogP contribution in [0.1, 0.15) is 56.6 Å². The Balaban J connectivity index is 1.54. The zero-order chi connectivity index (χ0) is 43.6. The van der Waals surface area contributed by atoms with Gasteiger partial charge < -0.3 is 39.0 Å². The van der Waals surface area contributed by atoms with Gasteiger partial charge in [0.2, 0.25) is 12.2 Å². The predicted molar refractivity (Wildman–Crippen MR) is 231 cm³/mol. The monoisotopic (exact) mass is 851 g/mol. The molecule has 0 bridgehead atoms. The van der Waals surface area contributed by atoms with E-state index in [0.29, 0.717) is 17.0 Å². The second-order valence-corrected chi connectivity index (χ2v) is 16.7. The summed E-state index contributed by atoms with van der Waals surface area (Å²) in [6, 6.07) is 35.2. The largest absolute Gasteiger partial charge is 0.508 e. The van der Waals surface area contributed by atoms with E-state index in [4.69, 9.17) is 23.3 Å². The number of phenolic OH excluding ortho intramolecular Hbond substituents is 1. The van der Waals surface area contributed by atoms with Crippen LogP contribution in [-0.4, -0.2) is 65.1 Å². The molecule has 3 N–H and O–H groups in total. The molecule has 5 atom stereocenters. The molecule has 1 aromatic heterocycles. The Morgan fingerprint density at radius 2 is 1.38 bits per heavy atom. The van der Waals surface area contributed by atoms with Gasteiger partial charge in [0.25, 0.3) is 0 Å². The van der Waals surface area contributed by atoms with E-state index in [-0.39, 0.29) is 56.7 Å². The number of aromatic nitrogens is 1. The lowest BCUT2D eigenvalue weighted by Crippen LogP contribution is -2.47. The van der Waals surface area contributed by atoms with Crippen LogP contribution in [0.5, 0.6) is 5.75 Å². The van der Waals surface area contributed by atoms with Crippen LogP contribution >= 0.6 is 8.15 Å². The number of aromatic hydroxyl groups is 1. The number of hydrogen-bond acceptors (Lipinski definition) is 11. The van der Waals surface area contributed by atoms with Crippen molar-refractivity contribution in [3.63, 3.8) is 0 Å². The summed E-state index contributed by atoms with van der Waals surface area (Å²) in [4.78, 5) is 54.6. The van der Waals surface area contributed by atoms with Gasteiger partial charge in [-0.25, -0.2) is 9.59 Å². The highest BCUT2D eigenvalue weighted by Gasteiger charge is 2.37. The van der Waals surface area contributed by atoms with Crippen molar-refractivity contribution in [2.24, 2.45) is 11.8 Å². The highest BCUT2D eigenvalue weighted by Crippen LogP contribution is 2.48. The van der Waals surface area contributed by atoms with Crippen molar-refractivity contribution in [1.29, 1.82) is 0 Å². The zero-order valence-corrected chi connectivity index (χ0v) is 35.8. The lowest BCUT2D eigenvalue weighted by atomic mass is 10.0. The van der Waals surface area contributed by atoms with E-state index in [9.17, 15) is 24.3 Å². The fourth-order valence-electron chi connectivity index (χ4n) is 6.28. The van der Waals surface area contributed by atoms with Crippen LogP contribution in [0.15, 0.2) is 126 Å². The molecule has 322 valence electrons. The Morgan fingerprint density at radius 3 is 2.00 bits per heavy atom. The van der Waals surface area contributed by atoms with Crippen LogP contribution in [0, 0.1) is 11.8 Å². The van der Waals surface area contributed by atoms with Gasteiger partial charge in [0, 0.05) is 43.0 Å². The third kappa shape index (κ3) is 14.9. The van der Waals surface area contributed by atoms with Crippen LogP contribution in [0.3, 0.4) is 0 Å². The number of esters is 2. The first-order valence-corrected chi connectivity index (χ1v) is 21.9. The molecule has 0 saturated carbocycles. The van der Waals surface area contributed by atoms with E-state index in [0.717, 1.165) is 16.7 Å². The van der Waals surface area contributed by atoms with Gasteiger partial charge in [0.15, 0.2) is 0 Å². The Kier molecular flexibility index (Phi) is 17.9. The van der Waals surface area contributed by atoms with Crippen molar-refractivity contribution in [1.82, 2.24) is 15.8 Å². The molecule has 3 unspecified atom stereocenters. The molecule has 61 heavy (non-hydrogen) atoms. The van der Waals surface area contributed by atoms with Crippen LogP contribution in [0.2, 0.25) is 0 Å². The van der Waals surface area contributed by atoms with Gasteiger partial charge in [-0.2, -0.15) is 0 Å². The van der Waals surface area contributed by atoms with Gasteiger partial charge in [-0.15, -0.1) is 0 Å².